The Hall–Kier alpha value is -1.62. The summed E-state index contributed by atoms with van der Waals surface area (Å²) in [5.41, 5.74) is 8.13. The number of aromatic nitrogens is 3. The van der Waals surface area contributed by atoms with E-state index in [0.717, 1.165) is 24.1 Å². The lowest BCUT2D eigenvalue weighted by atomic mass is 9.92. The van der Waals surface area contributed by atoms with E-state index in [0.29, 0.717) is 5.88 Å². The van der Waals surface area contributed by atoms with Crippen LogP contribution in [0.5, 0.6) is 5.88 Å². The van der Waals surface area contributed by atoms with Crippen molar-refractivity contribution in [3.8, 4) is 5.88 Å². The zero-order valence-corrected chi connectivity index (χ0v) is 13.0. The van der Waals surface area contributed by atoms with E-state index in [2.05, 4.69) is 36.9 Å². The summed E-state index contributed by atoms with van der Waals surface area (Å²) in [5.74, 6) is 0.642. The van der Waals surface area contributed by atoms with Crippen LogP contribution in [-0.4, -0.2) is 26.7 Å². The van der Waals surface area contributed by atoms with Gasteiger partial charge in [0.15, 0.2) is 0 Å². The normalized spacial score (nSPS) is 23.4. The number of hydrogen-bond donors (Lipinski definition) is 1. The van der Waals surface area contributed by atoms with Gasteiger partial charge in [0.25, 0.3) is 0 Å². The Kier molecular flexibility index (Phi) is 3.61. The van der Waals surface area contributed by atoms with Crippen molar-refractivity contribution in [1.82, 2.24) is 14.6 Å². The highest BCUT2D eigenvalue weighted by molar-refractivity contribution is 5.57. The molecule has 0 radical (unpaired) electrons. The molecular weight excluding hydrogens is 264 g/mol. The molecule has 0 bridgehead atoms. The predicted octanol–water partition coefficient (Wildman–Crippen LogP) is 2.68. The fraction of sp³-hybridized carbons (Fsp3) is 0.625. The average Bonchev–Trinajstić information content (AvgIpc) is 2.86. The second kappa shape index (κ2) is 5.30. The molecule has 114 valence electrons. The summed E-state index contributed by atoms with van der Waals surface area (Å²) in [6.07, 6.45) is 8.05. The molecule has 1 fully saturated rings. The Morgan fingerprint density at radius 3 is 2.76 bits per heavy atom. The van der Waals surface area contributed by atoms with Crippen LogP contribution in [0, 0.1) is 0 Å². The molecule has 2 atom stereocenters. The minimum atomic E-state index is 0.00450. The van der Waals surface area contributed by atoms with Gasteiger partial charge in [-0.1, -0.05) is 27.2 Å². The van der Waals surface area contributed by atoms with Crippen LogP contribution in [-0.2, 0) is 5.41 Å². The first kappa shape index (κ1) is 14.3. The van der Waals surface area contributed by atoms with E-state index in [9.17, 15) is 0 Å². The van der Waals surface area contributed by atoms with E-state index in [4.69, 9.17) is 10.5 Å². The van der Waals surface area contributed by atoms with Crippen molar-refractivity contribution >= 4 is 5.52 Å². The van der Waals surface area contributed by atoms with Crippen LogP contribution >= 0.6 is 0 Å². The summed E-state index contributed by atoms with van der Waals surface area (Å²) in [5, 5.41) is 4.62. The number of ether oxygens (including phenoxy) is 1. The summed E-state index contributed by atoms with van der Waals surface area (Å²) in [7, 11) is 0. The Morgan fingerprint density at radius 1 is 1.29 bits per heavy atom. The van der Waals surface area contributed by atoms with E-state index in [1.165, 1.54) is 12.8 Å². The van der Waals surface area contributed by atoms with Gasteiger partial charge in [0.1, 0.15) is 11.6 Å². The van der Waals surface area contributed by atoms with E-state index in [-0.39, 0.29) is 17.6 Å². The van der Waals surface area contributed by atoms with Gasteiger partial charge in [0.2, 0.25) is 5.88 Å². The molecule has 0 saturated heterocycles. The molecule has 0 aromatic carbocycles. The minimum Gasteiger partial charge on any atom is -0.471 e. The molecule has 0 aliphatic heterocycles. The van der Waals surface area contributed by atoms with E-state index >= 15 is 0 Å². The quantitative estimate of drug-likeness (QED) is 0.922. The molecule has 2 heterocycles. The third-order valence-corrected chi connectivity index (χ3v) is 4.14. The van der Waals surface area contributed by atoms with Gasteiger partial charge in [-0.15, -0.1) is 0 Å². The third-order valence-electron chi connectivity index (χ3n) is 4.14. The van der Waals surface area contributed by atoms with Gasteiger partial charge in [-0.3, -0.25) is 0 Å². The standard InChI is InChI=1S/C16H24N4O/c1-16(2,3)14-10-12-15(18-8-9-20(12)19-14)21-13-7-5-4-6-11(13)17/h8-11,13H,4-7,17H2,1-3H3. The SMILES string of the molecule is CC(C)(C)c1cc2c(OC3CCCCC3N)nccn2n1. The van der Waals surface area contributed by atoms with Crippen molar-refractivity contribution in [2.75, 3.05) is 0 Å². The molecule has 1 aliphatic carbocycles. The zero-order chi connectivity index (χ0) is 15.0. The van der Waals surface area contributed by atoms with Gasteiger partial charge in [-0.2, -0.15) is 5.10 Å². The second-order valence-electron chi connectivity index (χ2n) is 6.95. The van der Waals surface area contributed by atoms with Crippen LogP contribution in [0.2, 0.25) is 0 Å². The van der Waals surface area contributed by atoms with Crippen LogP contribution < -0.4 is 10.5 Å². The topological polar surface area (TPSA) is 65.4 Å². The van der Waals surface area contributed by atoms with Gasteiger partial charge < -0.3 is 10.5 Å². The van der Waals surface area contributed by atoms with Crippen molar-refractivity contribution in [2.24, 2.45) is 5.73 Å². The molecule has 1 aliphatic rings. The van der Waals surface area contributed by atoms with Crippen molar-refractivity contribution < 1.29 is 4.74 Å². The molecule has 2 unspecified atom stereocenters. The van der Waals surface area contributed by atoms with Crippen LogP contribution in [0.25, 0.3) is 5.52 Å². The van der Waals surface area contributed by atoms with Gasteiger partial charge >= 0.3 is 0 Å². The maximum absolute atomic E-state index is 6.17. The highest BCUT2D eigenvalue weighted by atomic mass is 16.5. The largest absolute Gasteiger partial charge is 0.471 e. The summed E-state index contributed by atoms with van der Waals surface area (Å²) < 4.78 is 7.95. The molecule has 0 amide bonds. The molecule has 5 nitrogen and oxygen atoms in total. The summed E-state index contributed by atoms with van der Waals surface area (Å²) in [6, 6.07) is 2.17. The van der Waals surface area contributed by atoms with Gasteiger partial charge in [-0.25, -0.2) is 9.50 Å². The number of fused-ring (bicyclic) bond motifs is 1. The summed E-state index contributed by atoms with van der Waals surface area (Å²) in [6.45, 7) is 6.46. The highest BCUT2D eigenvalue weighted by Gasteiger charge is 2.25. The third kappa shape index (κ3) is 2.88. The monoisotopic (exact) mass is 288 g/mol. The molecule has 0 spiro atoms. The van der Waals surface area contributed by atoms with Gasteiger partial charge in [0.05, 0.1) is 5.69 Å². The van der Waals surface area contributed by atoms with Crippen LogP contribution in [0.1, 0.15) is 52.1 Å². The van der Waals surface area contributed by atoms with E-state index in [1.807, 2.05) is 10.7 Å². The first-order valence-corrected chi connectivity index (χ1v) is 7.72. The average molecular weight is 288 g/mol. The highest BCUT2D eigenvalue weighted by Crippen LogP contribution is 2.28. The lowest BCUT2D eigenvalue weighted by molar-refractivity contribution is 0.128. The molecule has 5 heteroatoms. The smallest absolute Gasteiger partial charge is 0.240 e. The molecule has 3 rings (SSSR count). The Morgan fingerprint density at radius 2 is 2.05 bits per heavy atom. The maximum Gasteiger partial charge on any atom is 0.240 e. The number of nitrogens with zero attached hydrogens (tertiary/aromatic N) is 3. The van der Waals surface area contributed by atoms with Crippen LogP contribution in [0.15, 0.2) is 18.5 Å². The molecule has 2 N–H and O–H groups in total. The van der Waals surface area contributed by atoms with E-state index in [1.54, 1.807) is 6.20 Å². The van der Waals surface area contributed by atoms with Crippen LogP contribution in [0.3, 0.4) is 0 Å². The number of hydrogen-bond acceptors (Lipinski definition) is 4. The minimum absolute atomic E-state index is 0.00450. The fourth-order valence-corrected chi connectivity index (χ4v) is 2.77. The van der Waals surface area contributed by atoms with E-state index < -0.39 is 0 Å². The lowest BCUT2D eigenvalue weighted by Gasteiger charge is -2.28. The fourth-order valence-electron chi connectivity index (χ4n) is 2.77. The van der Waals surface area contributed by atoms with Crippen molar-refractivity contribution in [3.63, 3.8) is 0 Å². The summed E-state index contributed by atoms with van der Waals surface area (Å²) >= 11 is 0. The van der Waals surface area contributed by atoms with Crippen molar-refractivity contribution in [2.45, 2.75) is 64.0 Å². The van der Waals surface area contributed by atoms with Crippen molar-refractivity contribution in [1.29, 1.82) is 0 Å². The van der Waals surface area contributed by atoms with Gasteiger partial charge in [0, 0.05) is 23.9 Å². The Labute approximate surface area is 125 Å². The van der Waals surface area contributed by atoms with Crippen molar-refractivity contribution in [3.05, 3.63) is 24.2 Å². The molecule has 1 saturated carbocycles. The number of rotatable bonds is 2. The second-order valence-corrected chi connectivity index (χ2v) is 6.95. The molecule has 2 aromatic heterocycles. The summed E-state index contributed by atoms with van der Waals surface area (Å²) in [4.78, 5) is 4.39. The molecular formula is C16H24N4O. The lowest BCUT2D eigenvalue weighted by Crippen LogP contribution is -2.41. The first-order chi connectivity index (χ1) is 9.95. The molecule has 21 heavy (non-hydrogen) atoms. The first-order valence-electron chi connectivity index (χ1n) is 7.72. The van der Waals surface area contributed by atoms with Crippen LogP contribution in [0.4, 0.5) is 0 Å². The molecule has 2 aromatic rings. The Bertz CT molecular complexity index is 629. The predicted molar refractivity (Wildman–Crippen MR) is 82.5 cm³/mol. The maximum atomic E-state index is 6.17. The Balaban J connectivity index is 1.93. The number of nitrogens with two attached hydrogens (primary N) is 1. The zero-order valence-electron chi connectivity index (χ0n) is 13.0. The van der Waals surface area contributed by atoms with Gasteiger partial charge in [-0.05, 0) is 25.3 Å².